The molecule has 2 aliphatic rings. The Morgan fingerprint density at radius 3 is 2.70 bits per heavy atom. The van der Waals surface area contributed by atoms with E-state index in [1.54, 1.807) is 0 Å². The molecule has 148 valence electrons. The van der Waals surface area contributed by atoms with Gasteiger partial charge in [0.15, 0.2) is 0 Å². The summed E-state index contributed by atoms with van der Waals surface area (Å²) in [5, 5.41) is 12.2. The zero-order chi connectivity index (χ0) is 19.2. The molecule has 2 aliphatic heterocycles. The van der Waals surface area contributed by atoms with Crippen molar-refractivity contribution in [2.75, 3.05) is 52.4 Å². The van der Waals surface area contributed by atoms with Crippen molar-refractivity contribution in [1.29, 1.82) is 0 Å². The average molecular weight is 439 g/mol. The van der Waals surface area contributed by atoms with Gasteiger partial charge in [0.05, 0.1) is 19.1 Å². The van der Waals surface area contributed by atoms with Gasteiger partial charge in [-0.25, -0.2) is 0 Å². The standard InChI is InChI=1S/C19H27BrN4O3/c20-16-3-1-2-15(12-16)14-24-5-4-21-17(19(24)27)13-18(26)23-8-6-22(7-9-23)10-11-25/h1-3,12,17,21,25H,4-11,13-14H2. The summed E-state index contributed by atoms with van der Waals surface area (Å²) in [4.78, 5) is 31.2. The molecule has 7 nitrogen and oxygen atoms in total. The van der Waals surface area contributed by atoms with Crippen molar-refractivity contribution in [3.05, 3.63) is 34.3 Å². The summed E-state index contributed by atoms with van der Waals surface area (Å²) in [7, 11) is 0. The third-order valence-corrected chi connectivity index (χ3v) is 5.66. The van der Waals surface area contributed by atoms with Crippen LogP contribution in [0.1, 0.15) is 12.0 Å². The molecule has 1 aromatic carbocycles. The number of rotatable bonds is 6. The predicted octanol–water partition coefficient (Wildman–Crippen LogP) is 0.276. The minimum atomic E-state index is -0.450. The molecule has 2 fully saturated rings. The van der Waals surface area contributed by atoms with Gasteiger partial charge in [0, 0.05) is 56.8 Å². The topological polar surface area (TPSA) is 76.1 Å². The number of aliphatic hydroxyl groups excluding tert-OH is 1. The van der Waals surface area contributed by atoms with E-state index in [2.05, 4.69) is 26.1 Å². The van der Waals surface area contributed by atoms with Crippen LogP contribution < -0.4 is 5.32 Å². The fourth-order valence-corrected chi connectivity index (χ4v) is 4.08. The molecule has 0 aromatic heterocycles. The van der Waals surface area contributed by atoms with Gasteiger partial charge in [-0.2, -0.15) is 0 Å². The first-order valence-corrected chi connectivity index (χ1v) is 10.2. The van der Waals surface area contributed by atoms with Crippen molar-refractivity contribution in [2.45, 2.75) is 19.0 Å². The summed E-state index contributed by atoms with van der Waals surface area (Å²) in [5.74, 6) is 0.0160. The molecule has 0 radical (unpaired) electrons. The monoisotopic (exact) mass is 438 g/mol. The Morgan fingerprint density at radius 2 is 2.00 bits per heavy atom. The molecule has 8 heteroatoms. The second-order valence-corrected chi connectivity index (χ2v) is 7.96. The molecular weight excluding hydrogens is 412 g/mol. The summed E-state index contributed by atoms with van der Waals surface area (Å²) in [5.41, 5.74) is 1.07. The van der Waals surface area contributed by atoms with Crippen LogP contribution in [0.2, 0.25) is 0 Å². The third-order valence-electron chi connectivity index (χ3n) is 5.16. The summed E-state index contributed by atoms with van der Waals surface area (Å²) >= 11 is 3.46. The van der Waals surface area contributed by atoms with E-state index in [1.165, 1.54) is 0 Å². The zero-order valence-corrected chi connectivity index (χ0v) is 17.0. The van der Waals surface area contributed by atoms with Gasteiger partial charge < -0.3 is 20.2 Å². The number of nitrogens with zero attached hydrogens (tertiary/aromatic N) is 3. The molecular formula is C19H27BrN4O3. The van der Waals surface area contributed by atoms with Gasteiger partial charge in [0.1, 0.15) is 0 Å². The van der Waals surface area contributed by atoms with Crippen LogP contribution in [0, 0.1) is 0 Å². The molecule has 0 bridgehead atoms. The Morgan fingerprint density at radius 1 is 1.22 bits per heavy atom. The molecule has 2 saturated heterocycles. The second kappa shape index (κ2) is 9.64. The van der Waals surface area contributed by atoms with Crippen LogP contribution >= 0.6 is 15.9 Å². The Balaban J connectivity index is 1.52. The van der Waals surface area contributed by atoms with Crippen LogP contribution in [0.25, 0.3) is 0 Å². The maximum Gasteiger partial charge on any atom is 0.240 e. The maximum atomic E-state index is 12.8. The molecule has 1 atom stereocenters. The van der Waals surface area contributed by atoms with Gasteiger partial charge >= 0.3 is 0 Å². The van der Waals surface area contributed by atoms with Crippen molar-refractivity contribution < 1.29 is 14.7 Å². The molecule has 1 unspecified atom stereocenters. The predicted molar refractivity (Wildman–Crippen MR) is 106 cm³/mol. The molecule has 3 rings (SSSR count). The molecule has 0 spiro atoms. The lowest BCUT2D eigenvalue weighted by Crippen LogP contribution is -2.57. The maximum absolute atomic E-state index is 12.8. The number of carbonyl (C=O) groups is 2. The first-order valence-electron chi connectivity index (χ1n) is 9.44. The number of carbonyl (C=O) groups excluding carboxylic acids is 2. The van der Waals surface area contributed by atoms with Crippen molar-refractivity contribution in [1.82, 2.24) is 20.0 Å². The van der Waals surface area contributed by atoms with Crippen molar-refractivity contribution in [3.63, 3.8) is 0 Å². The van der Waals surface area contributed by atoms with Crippen LogP contribution in [-0.4, -0.2) is 90.1 Å². The van der Waals surface area contributed by atoms with Crippen LogP contribution in [0.4, 0.5) is 0 Å². The molecule has 1 aromatic rings. The summed E-state index contributed by atoms with van der Waals surface area (Å²) in [6.45, 7) is 5.55. The van der Waals surface area contributed by atoms with Crippen LogP contribution in [-0.2, 0) is 16.1 Å². The normalized spacial score (nSPS) is 21.6. The Bertz CT molecular complexity index is 664. The lowest BCUT2D eigenvalue weighted by Gasteiger charge is -2.37. The highest BCUT2D eigenvalue weighted by atomic mass is 79.9. The highest BCUT2D eigenvalue weighted by molar-refractivity contribution is 9.10. The Kier molecular flexibility index (Phi) is 7.23. The summed E-state index contributed by atoms with van der Waals surface area (Å²) < 4.78 is 0.995. The van der Waals surface area contributed by atoms with Gasteiger partial charge in [-0.3, -0.25) is 14.5 Å². The van der Waals surface area contributed by atoms with E-state index in [-0.39, 0.29) is 24.8 Å². The van der Waals surface area contributed by atoms with Gasteiger partial charge in [0.25, 0.3) is 0 Å². The zero-order valence-electron chi connectivity index (χ0n) is 15.4. The highest BCUT2D eigenvalue weighted by Crippen LogP contribution is 2.16. The van der Waals surface area contributed by atoms with Crippen LogP contribution in [0.15, 0.2) is 28.7 Å². The van der Waals surface area contributed by atoms with Gasteiger partial charge in [0.2, 0.25) is 11.8 Å². The van der Waals surface area contributed by atoms with E-state index in [0.29, 0.717) is 39.3 Å². The fourth-order valence-electron chi connectivity index (χ4n) is 3.63. The minimum Gasteiger partial charge on any atom is -0.395 e. The number of hydrogen-bond acceptors (Lipinski definition) is 5. The molecule has 0 saturated carbocycles. The lowest BCUT2D eigenvalue weighted by molar-refractivity contribution is -0.142. The Labute approximate surface area is 168 Å². The van der Waals surface area contributed by atoms with Crippen LogP contribution in [0.5, 0.6) is 0 Å². The van der Waals surface area contributed by atoms with E-state index < -0.39 is 6.04 Å². The van der Waals surface area contributed by atoms with E-state index in [0.717, 1.165) is 23.1 Å². The van der Waals surface area contributed by atoms with E-state index in [9.17, 15) is 9.59 Å². The highest BCUT2D eigenvalue weighted by Gasteiger charge is 2.32. The van der Waals surface area contributed by atoms with Crippen molar-refractivity contribution >= 4 is 27.7 Å². The number of nitrogens with one attached hydrogen (secondary N) is 1. The number of amides is 2. The molecule has 2 heterocycles. The first-order chi connectivity index (χ1) is 13.1. The molecule has 0 aliphatic carbocycles. The van der Waals surface area contributed by atoms with E-state index >= 15 is 0 Å². The van der Waals surface area contributed by atoms with E-state index in [4.69, 9.17) is 5.11 Å². The molecule has 2 N–H and O–H groups in total. The summed E-state index contributed by atoms with van der Waals surface area (Å²) in [6.07, 6.45) is 0.202. The largest absolute Gasteiger partial charge is 0.395 e. The van der Waals surface area contributed by atoms with Gasteiger partial charge in [-0.1, -0.05) is 28.1 Å². The number of halogens is 1. The average Bonchev–Trinajstić information content (AvgIpc) is 2.66. The third kappa shape index (κ3) is 5.51. The number of β-amino-alcohol motifs (C(OH)–C–C–N with tert-alkyl or cyclic N) is 1. The number of benzene rings is 1. The van der Waals surface area contributed by atoms with Crippen molar-refractivity contribution in [2.24, 2.45) is 0 Å². The lowest BCUT2D eigenvalue weighted by atomic mass is 10.1. The van der Waals surface area contributed by atoms with Crippen LogP contribution in [0.3, 0.4) is 0 Å². The first kappa shape index (κ1) is 20.3. The Hall–Kier alpha value is -1.48. The fraction of sp³-hybridized carbons (Fsp3) is 0.579. The quantitative estimate of drug-likeness (QED) is 0.666. The number of aliphatic hydroxyl groups is 1. The minimum absolute atomic E-state index is 0.00603. The SMILES string of the molecule is O=C(CC1NCCN(Cc2cccc(Br)c2)C1=O)N1CCN(CCO)CC1. The molecule has 27 heavy (non-hydrogen) atoms. The van der Waals surface area contributed by atoms with Crippen molar-refractivity contribution in [3.8, 4) is 0 Å². The number of piperazine rings is 2. The summed E-state index contributed by atoms with van der Waals surface area (Å²) in [6, 6.07) is 7.50. The molecule has 2 amide bonds. The van der Waals surface area contributed by atoms with E-state index in [1.807, 2.05) is 34.1 Å². The second-order valence-electron chi connectivity index (χ2n) is 7.05. The smallest absolute Gasteiger partial charge is 0.240 e. The van der Waals surface area contributed by atoms with Gasteiger partial charge in [-0.15, -0.1) is 0 Å². The number of hydrogen-bond donors (Lipinski definition) is 2. The van der Waals surface area contributed by atoms with Gasteiger partial charge in [-0.05, 0) is 17.7 Å².